The lowest BCUT2D eigenvalue weighted by Gasteiger charge is -2.27. The van der Waals surface area contributed by atoms with Crippen LogP contribution in [0.3, 0.4) is 0 Å². The highest BCUT2D eigenvalue weighted by atomic mass is 32.2. The highest BCUT2D eigenvalue weighted by molar-refractivity contribution is 8.14. The Morgan fingerprint density at radius 3 is 2.67 bits per heavy atom. The average molecular weight is 409 g/mol. The van der Waals surface area contributed by atoms with Crippen molar-refractivity contribution in [1.82, 2.24) is 5.32 Å². The van der Waals surface area contributed by atoms with E-state index in [4.69, 9.17) is 0 Å². The molecule has 2 aliphatic rings. The Kier molecular flexibility index (Phi) is 5.36. The summed E-state index contributed by atoms with van der Waals surface area (Å²) >= 11 is 1.56. The zero-order valence-corrected chi connectivity index (χ0v) is 17.4. The highest BCUT2D eigenvalue weighted by Crippen LogP contribution is 2.32. The number of benzene rings is 1. The molecule has 2 N–H and O–H groups in total. The SMILES string of the molecule is C[C@@H]1SC(NC(=O)CC(C)(C)CC2=NS(=O)(=O)c3ccccc3N2)=N[C@@H]1C. The van der Waals surface area contributed by atoms with Crippen molar-refractivity contribution < 1.29 is 13.2 Å². The van der Waals surface area contributed by atoms with Crippen molar-refractivity contribution in [3.63, 3.8) is 0 Å². The van der Waals surface area contributed by atoms with Crippen molar-refractivity contribution in [3.05, 3.63) is 24.3 Å². The second-order valence-electron chi connectivity index (χ2n) is 7.70. The second kappa shape index (κ2) is 7.27. The Hall–Kier alpha value is -1.87. The molecule has 3 rings (SSSR count). The van der Waals surface area contributed by atoms with E-state index in [1.54, 1.807) is 30.0 Å². The number of para-hydroxylation sites is 1. The molecule has 0 bridgehead atoms. The van der Waals surface area contributed by atoms with Gasteiger partial charge < -0.3 is 10.6 Å². The van der Waals surface area contributed by atoms with Crippen LogP contribution in [0.4, 0.5) is 5.69 Å². The number of nitrogens with zero attached hydrogens (tertiary/aromatic N) is 2. The van der Waals surface area contributed by atoms with Gasteiger partial charge in [0.05, 0.1) is 11.7 Å². The van der Waals surface area contributed by atoms with E-state index in [1.165, 1.54) is 6.07 Å². The Bertz CT molecular complexity index is 922. The molecule has 0 saturated carbocycles. The van der Waals surface area contributed by atoms with E-state index in [1.807, 2.05) is 20.8 Å². The van der Waals surface area contributed by atoms with Crippen LogP contribution in [-0.4, -0.2) is 36.6 Å². The van der Waals surface area contributed by atoms with Crippen molar-refractivity contribution in [3.8, 4) is 0 Å². The molecule has 27 heavy (non-hydrogen) atoms. The van der Waals surface area contributed by atoms with Crippen LogP contribution in [0.25, 0.3) is 0 Å². The quantitative estimate of drug-likeness (QED) is 0.798. The van der Waals surface area contributed by atoms with Gasteiger partial charge in [-0.3, -0.25) is 9.79 Å². The summed E-state index contributed by atoms with van der Waals surface area (Å²) in [5.74, 6) is 0.216. The first-order chi connectivity index (χ1) is 12.6. The standard InChI is InChI=1S/C18H24N4O3S2/c1-11-12(2)26-17(19-11)21-16(23)10-18(3,4)9-15-20-13-7-5-6-8-14(13)27(24,25)22-15/h5-8,11-12H,9-10H2,1-4H3,(H,20,22)(H,19,21,23)/t11-,12+/m1/s1. The summed E-state index contributed by atoms with van der Waals surface area (Å²) in [6.07, 6.45) is 0.568. The van der Waals surface area contributed by atoms with Gasteiger partial charge >= 0.3 is 0 Å². The number of nitrogens with one attached hydrogen (secondary N) is 2. The largest absolute Gasteiger partial charge is 0.342 e. The molecule has 0 unspecified atom stereocenters. The predicted octanol–water partition coefficient (Wildman–Crippen LogP) is 3.00. The summed E-state index contributed by atoms with van der Waals surface area (Å²) in [7, 11) is -3.72. The molecule has 1 aromatic rings. The van der Waals surface area contributed by atoms with Crippen LogP contribution >= 0.6 is 11.8 Å². The predicted molar refractivity (Wildman–Crippen MR) is 110 cm³/mol. The number of fused-ring (bicyclic) bond motifs is 1. The van der Waals surface area contributed by atoms with E-state index in [-0.39, 0.29) is 23.3 Å². The summed E-state index contributed by atoms with van der Waals surface area (Å²) in [5, 5.41) is 6.94. The third-order valence-corrected chi connectivity index (χ3v) is 7.07. The number of amides is 1. The fraction of sp³-hybridized carbons (Fsp3) is 0.500. The number of carbonyl (C=O) groups is 1. The first-order valence-corrected chi connectivity index (χ1v) is 11.1. The lowest BCUT2D eigenvalue weighted by Crippen LogP contribution is -2.34. The number of thioether (sulfide) groups is 1. The average Bonchev–Trinajstić information content (AvgIpc) is 2.83. The van der Waals surface area contributed by atoms with Gasteiger partial charge in [-0.15, -0.1) is 4.40 Å². The highest BCUT2D eigenvalue weighted by Gasteiger charge is 2.31. The van der Waals surface area contributed by atoms with Gasteiger partial charge in [-0.2, -0.15) is 8.42 Å². The van der Waals surface area contributed by atoms with E-state index in [2.05, 4.69) is 26.9 Å². The molecular formula is C18H24N4O3S2. The number of hydrogen-bond acceptors (Lipinski definition) is 6. The fourth-order valence-electron chi connectivity index (χ4n) is 3.01. The van der Waals surface area contributed by atoms with Gasteiger partial charge in [0.1, 0.15) is 10.7 Å². The summed E-state index contributed by atoms with van der Waals surface area (Å²) < 4.78 is 28.6. The minimum absolute atomic E-state index is 0.132. The van der Waals surface area contributed by atoms with Crippen LogP contribution in [0.1, 0.15) is 40.5 Å². The van der Waals surface area contributed by atoms with Gasteiger partial charge in [-0.1, -0.05) is 44.7 Å². The summed E-state index contributed by atoms with van der Waals surface area (Å²) in [5.41, 5.74) is 0.0427. The van der Waals surface area contributed by atoms with E-state index in [0.717, 1.165) is 0 Å². The number of hydrogen-bond donors (Lipinski definition) is 2. The van der Waals surface area contributed by atoms with E-state index in [0.29, 0.717) is 28.4 Å². The van der Waals surface area contributed by atoms with Crippen LogP contribution in [0, 0.1) is 5.41 Å². The van der Waals surface area contributed by atoms with Crippen LogP contribution in [0.2, 0.25) is 0 Å². The Balaban J connectivity index is 1.66. The minimum atomic E-state index is -3.72. The molecule has 0 radical (unpaired) electrons. The molecule has 146 valence electrons. The molecule has 9 heteroatoms. The third kappa shape index (κ3) is 4.70. The molecule has 1 aromatic carbocycles. The van der Waals surface area contributed by atoms with Gasteiger partial charge in [0.15, 0.2) is 5.17 Å². The van der Waals surface area contributed by atoms with Gasteiger partial charge in [0, 0.05) is 18.1 Å². The molecule has 0 aromatic heterocycles. The summed E-state index contributed by atoms with van der Waals surface area (Å²) in [6.45, 7) is 7.93. The van der Waals surface area contributed by atoms with E-state index >= 15 is 0 Å². The molecule has 7 nitrogen and oxygen atoms in total. The topological polar surface area (TPSA) is 100.0 Å². The lowest BCUT2D eigenvalue weighted by atomic mass is 9.84. The fourth-order valence-corrected chi connectivity index (χ4v) is 5.17. The minimum Gasteiger partial charge on any atom is -0.342 e. The van der Waals surface area contributed by atoms with Crippen LogP contribution < -0.4 is 10.6 Å². The van der Waals surface area contributed by atoms with Crippen LogP contribution in [0.15, 0.2) is 38.6 Å². The molecule has 0 saturated heterocycles. The first-order valence-electron chi connectivity index (χ1n) is 8.80. The molecule has 0 aliphatic carbocycles. The number of rotatable bonds is 4. The maximum absolute atomic E-state index is 12.4. The molecule has 2 aliphatic heterocycles. The number of anilines is 1. The van der Waals surface area contributed by atoms with Crippen molar-refractivity contribution in [2.75, 3.05) is 5.32 Å². The smallest absolute Gasteiger partial charge is 0.286 e. The summed E-state index contributed by atoms with van der Waals surface area (Å²) in [4.78, 5) is 17.0. The molecule has 1 amide bonds. The van der Waals surface area contributed by atoms with Crippen molar-refractivity contribution >= 4 is 44.4 Å². The molecule has 0 fully saturated rings. The van der Waals surface area contributed by atoms with Crippen molar-refractivity contribution in [2.45, 2.75) is 56.7 Å². The third-order valence-electron chi connectivity index (χ3n) is 4.50. The zero-order valence-electron chi connectivity index (χ0n) is 15.8. The molecule has 2 heterocycles. The van der Waals surface area contributed by atoms with Crippen LogP contribution in [-0.2, 0) is 14.8 Å². The Morgan fingerprint density at radius 2 is 2.00 bits per heavy atom. The molecule has 0 spiro atoms. The van der Waals surface area contributed by atoms with Crippen molar-refractivity contribution in [2.24, 2.45) is 14.8 Å². The van der Waals surface area contributed by atoms with E-state index < -0.39 is 15.4 Å². The van der Waals surface area contributed by atoms with E-state index in [9.17, 15) is 13.2 Å². The van der Waals surface area contributed by atoms with Gasteiger partial charge in [0.25, 0.3) is 10.0 Å². The monoisotopic (exact) mass is 408 g/mol. The zero-order chi connectivity index (χ0) is 19.8. The van der Waals surface area contributed by atoms with Gasteiger partial charge in [0.2, 0.25) is 5.91 Å². The summed E-state index contributed by atoms with van der Waals surface area (Å²) in [6, 6.07) is 6.85. The Morgan fingerprint density at radius 1 is 1.30 bits per heavy atom. The lowest BCUT2D eigenvalue weighted by molar-refractivity contribution is -0.121. The van der Waals surface area contributed by atoms with Gasteiger partial charge in [-0.25, -0.2) is 0 Å². The normalized spacial score (nSPS) is 23.7. The van der Waals surface area contributed by atoms with Crippen LogP contribution in [0.5, 0.6) is 0 Å². The molecule has 2 atom stereocenters. The van der Waals surface area contributed by atoms with Crippen molar-refractivity contribution in [1.29, 1.82) is 0 Å². The number of amidine groups is 2. The maximum atomic E-state index is 12.4. The molecular weight excluding hydrogens is 384 g/mol. The number of carbonyl (C=O) groups excluding carboxylic acids is 1. The van der Waals surface area contributed by atoms with Gasteiger partial charge in [-0.05, 0) is 24.5 Å². The first kappa shape index (κ1) is 19.9. The number of sulfonamides is 1. The second-order valence-corrected chi connectivity index (χ2v) is 10.6. The number of aliphatic imine (C=N–C) groups is 1. The maximum Gasteiger partial charge on any atom is 0.286 e. The Labute approximate surface area is 164 Å².